The van der Waals surface area contributed by atoms with E-state index in [4.69, 9.17) is 5.73 Å². The SMILES string of the molecule is Cc1cc(CN(C)C(=O)C(C)(C)CCN)ccc1F. The number of nitrogens with zero attached hydrogens (tertiary/aromatic N) is 1. The summed E-state index contributed by atoms with van der Waals surface area (Å²) in [4.78, 5) is 14.0. The summed E-state index contributed by atoms with van der Waals surface area (Å²) < 4.78 is 13.2. The Hall–Kier alpha value is -1.42. The molecule has 0 saturated heterocycles. The standard InChI is InChI=1S/C15H23FN2O/c1-11-9-12(5-6-13(11)16)10-18(4)14(19)15(2,3)7-8-17/h5-6,9H,7-8,10,17H2,1-4H3. The van der Waals surface area contributed by atoms with Gasteiger partial charge >= 0.3 is 0 Å². The summed E-state index contributed by atoms with van der Waals surface area (Å²) in [6.07, 6.45) is 0.651. The van der Waals surface area contributed by atoms with Crippen molar-refractivity contribution in [3.05, 3.63) is 35.1 Å². The van der Waals surface area contributed by atoms with Crippen molar-refractivity contribution >= 4 is 5.91 Å². The van der Waals surface area contributed by atoms with Crippen molar-refractivity contribution in [1.29, 1.82) is 0 Å². The van der Waals surface area contributed by atoms with E-state index in [1.807, 2.05) is 13.8 Å². The zero-order valence-corrected chi connectivity index (χ0v) is 12.2. The third-order valence-electron chi connectivity index (χ3n) is 3.34. The lowest BCUT2D eigenvalue weighted by Crippen LogP contribution is -2.39. The normalized spacial score (nSPS) is 11.5. The van der Waals surface area contributed by atoms with Gasteiger partial charge in [-0.3, -0.25) is 4.79 Å². The van der Waals surface area contributed by atoms with Crippen LogP contribution in [0.5, 0.6) is 0 Å². The van der Waals surface area contributed by atoms with Gasteiger partial charge in [0.05, 0.1) is 0 Å². The molecule has 1 aromatic carbocycles. The van der Waals surface area contributed by atoms with Crippen LogP contribution >= 0.6 is 0 Å². The Labute approximate surface area is 114 Å². The molecule has 4 heteroatoms. The molecule has 0 aliphatic heterocycles. The Balaban J connectivity index is 2.76. The first-order chi connectivity index (χ1) is 8.77. The van der Waals surface area contributed by atoms with Gasteiger partial charge in [-0.05, 0) is 37.1 Å². The second kappa shape index (κ2) is 6.15. The summed E-state index contributed by atoms with van der Waals surface area (Å²) in [6.45, 7) is 6.48. The quantitative estimate of drug-likeness (QED) is 0.890. The first kappa shape index (κ1) is 15.6. The van der Waals surface area contributed by atoms with E-state index >= 15 is 0 Å². The maximum absolute atomic E-state index is 13.2. The molecule has 0 aliphatic carbocycles. The van der Waals surface area contributed by atoms with Gasteiger partial charge in [0.25, 0.3) is 0 Å². The highest BCUT2D eigenvalue weighted by Gasteiger charge is 2.29. The maximum atomic E-state index is 13.2. The van der Waals surface area contributed by atoms with Gasteiger partial charge in [-0.2, -0.15) is 0 Å². The van der Waals surface area contributed by atoms with Gasteiger partial charge in [-0.15, -0.1) is 0 Å². The van der Waals surface area contributed by atoms with E-state index < -0.39 is 5.41 Å². The van der Waals surface area contributed by atoms with Crippen molar-refractivity contribution in [3.63, 3.8) is 0 Å². The van der Waals surface area contributed by atoms with E-state index in [9.17, 15) is 9.18 Å². The van der Waals surface area contributed by atoms with Gasteiger partial charge in [0, 0.05) is 19.0 Å². The highest BCUT2D eigenvalue weighted by Crippen LogP contribution is 2.23. The average Bonchev–Trinajstić information content (AvgIpc) is 2.32. The van der Waals surface area contributed by atoms with Gasteiger partial charge in [0.2, 0.25) is 5.91 Å². The van der Waals surface area contributed by atoms with Crippen molar-refractivity contribution in [2.75, 3.05) is 13.6 Å². The number of aryl methyl sites for hydroxylation is 1. The molecular weight excluding hydrogens is 243 g/mol. The third-order valence-corrected chi connectivity index (χ3v) is 3.34. The van der Waals surface area contributed by atoms with E-state index in [-0.39, 0.29) is 11.7 Å². The molecule has 1 aromatic rings. The summed E-state index contributed by atoms with van der Waals surface area (Å²) in [5.74, 6) is -0.166. The Morgan fingerprint density at radius 2 is 2.05 bits per heavy atom. The number of amides is 1. The molecule has 0 saturated carbocycles. The third kappa shape index (κ3) is 4.03. The lowest BCUT2D eigenvalue weighted by atomic mass is 9.87. The van der Waals surface area contributed by atoms with E-state index in [0.717, 1.165) is 5.56 Å². The van der Waals surface area contributed by atoms with E-state index in [1.165, 1.54) is 6.07 Å². The zero-order chi connectivity index (χ0) is 14.6. The number of nitrogens with two attached hydrogens (primary N) is 1. The topological polar surface area (TPSA) is 46.3 Å². The Morgan fingerprint density at radius 3 is 2.58 bits per heavy atom. The van der Waals surface area contributed by atoms with Crippen LogP contribution in [0.3, 0.4) is 0 Å². The molecule has 0 aliphatic rings. The summed E-state index contributed by atoms with van der Waals surface area (Å²) in [7, 11) is 1.76. The van der Waals surface area contributed by atoms with Crippen LogP contribution in [0.2, 0.25) is 0 Å². The summed E-state index contributed by atoms with van der Waals surface area (Å²) in [5.41, 5.74) is 6.60. The molecule has 1 amide bonds. The van der Waals surface area contributed by atoms with Crippen LogP contribution in [0.25, 0.3) is 0 Å². The lowest BCUT2D eigenvalue weighted by molar-refractivity contribution is -0.139. The summed E-state index contributed by atoms with van der Waals surface area (Å²) in [6, 6.07) is 4.92. The zero-order valence-electron chi connectivity index (χ0n) is 12.2. The van der Waals surface area contributed by atoms with Gasteiger partial charge < -0.3 is 10.6 Å². The molecule has 0 aromatic heterocycles. The summed E-state index contributed by atoms with van der Waals surface area (Å²) in [5, 5.41) is 0. The van der Waals surface area contributed by atoms with Crippen molar-refractivity contribution < 1.29 is 9.18 Å². The van der Waals surface area contributed by atoms with Crippen LogP contribution < -0.4 is 5.73 Å². The molecule has 0 fully saturated rings. The van der Waals surface area contributed by atoms with E-state index in [1.54, 1.807) is 31.0 Å². The molecule has 19 heavy (non-hydrogen) atoms. The first-order valence-corrected chi connectivity index (χ1v) is 6.48. The fourth-order valence-electron chi connectivity index (χ4n) is 2.14. The number of rotatable bonds is 5. The van der Waals surface area contributed by atoms with Crippen molar-refractivity contribution in [2.24, 2.45) is 11.1 Å². The summed E-state index contributed by atoms with van der Waals surface area (Å²) >= 11 is 0. The maximum Gasteiger partial charge on any atom is 0.228 e. The largest absolute Gasteiger partial charge is 0.341 e. The number of hydrogen-bond acceptors (Lipinski definition) is 2. The van der Waals surface area contributed by atoms with E-state index in [0.29, 0.717) is 25.1 Å². The molecule has 0 spiro atoms. The van der Waals surface area contributed by atoms with E-state index in [2.05, 4.69) is 0 Å². The highest BCUT2D eigenvalue weighted by atomic mass is 19.1. The molecule has 0 atom stereocenters. The number of halogens is 1. The molecule has 0 radical (unpaired) electrons. The smallest absolute Gasteiger partial charge is 0.228 e. The van der Waals surface area contributed by atoms with Crippen LogP contribution in [-0.2, 0) is 11.3 Å². The van der Waals surface area contributed by atoms with Crippen molar-refractivity contribution in [2.45, 2.75) is 33.7 Å². The highest BCUT2D eigenvalue weighted by molar-refractivity contribution is 5.81. The van der Waals surface area contributed by atoms with Gasteiger partial charge in [0.1, 0.15) is 5.82 Å². The van der Waals surface area contributed by atoms with Crippen LogP contribution in [-0.4, -0.2) is 24.4 Å². The monoisotopic (exact) mass is 266 g/mol. The second-order valence-electron chi connectivity index (χ2n) is 5.67. The minimum atomic E-state index is -0.460. The van der Waals surface area contributed by atoms with Crippen molar-refractivity contribution in [1.82, 2.24) is 4.90 Å². The van der Waals surface area contributed by atoms with Gasteiger partial charge in [-0.25, -0.2) is 4.39 Å². The molecule has 106 valence electrons. The second-order valence-corrected chi connectivity index (χ2v) is 5.67. The number of carbonyl (C=O) groups excluding carboxylic acids is 1. The van der Waals surface area contributed by atoms with Crippen LogP contribution in [0.4, 0.5) is 4.39 Å². The lowest BCUT2D eigenvalue weighted by Gasteiger charge is -2.29. The Bertz CT molecular complexity index is 457. The number of hydrogen-bond donors (Lipinski definition) is 1. The molecular formula is C15H23FN2O. The Morgan fingerprint density at radius 1 is 1.42 bits per heavy atom. The fraction of sp³-hybridized carbons (Fsp3) is 0.533. The molecule has 2 N–H and O–H groups in total. The number of benzene rings is 1. The predicted octanol–water partition coefficient (Wildman–Crippen LogP) is 2.47. The van der Waals surface area contributed by atoms with Crippen LogP contribution in [0, 0.1) is 18.2 Å². The molecule has 0 bridgehead atoms. The Kier molecular flexibility index (Phi) is 5.06. The number of carbonyl (C=O) groups is 1. The van der Waals surface area contributed by atoms with Crippen molar-refractivity contribution in [3.8, 4) is 0 Å². The minimum absolute atomic E-state index is 0.0555. The molecule has 3 nitrogen and oxygen atoms in total. The fourth-order valence-corrected chi connectivity index (χ4v) is 2.14. The van der Waals surface area contributed by atoms with Gasteiger partial charge in [0.15, 0.2) is 0 Å². The first-order valence-electron chi connectivity index (χ1n) is 6.48. The molecule has 1 rings (SSSR count). The minimum Gasteiger partial charge on any atom is -0.341 e. The van der Waals surface area contributed by atoms with Crippen LogP contribution in [0.1, 0.15) is 31.4 Å². The molecule has 0 heterocycles. The van der Waals surface area contributed by atoms with Gasteiger partial charge in [-0.1, -0.05) is 26.0 Å². The van der Waals surface area contributed by atoms with Crippen LogP contribution in [0.15, 0.2) is 18.2 Å². The predicted molar refractivity (Wildman–Crippen MR) is 75.1 cm³/mol. The molecule has 0 unspecified atom stereocenters. The average molecular weight is 266 g/mol.